The van der Waals surface area contributed by atoms with E-state index >= 15 is 0 Å². The topological polar surface area (TPSA) is 88.5 Å². The van der Waals surface area contributed by atoms with Gasteiger partial charge in [0.1, 0.15) is 18.1 Å². The number of hydrogen-bond acceptors (Lipinski definition) is 7. The van der Waals surface area contributed by atoms with Crippen LogP contribution in [0.15, 0.2) is 60.7 Å². The van der Waals surface area contributed by atoms with Gasteiger partial charge in [0.25, 0.3) is 11.7 Å². The lowest BCUT2D eigenvalue weighted by molar-refractivity contribution is -0.140. The number of Topliss-reactive ketones (excluding diaryl/α,β-unsaturated/α-hetero) is 1. The number of hydrogen-bond donors (Lipinski definition) is 1. The van der Waals surface area contributed by atoms with Gasteiger partial charge in [-0.3, -0.25) is 9.59 Å². The van der Waals surface area contributed by atoms with Crippen LogP contribution in [-0.4, -0.2) is 74.1 Å². The summed E-state index contributed by atoms with van der Waals surface area (Å²) in [7, 11) is 5.31. The summed E-state index contributed by atoms with van der Waals surface area (Å²) in [5.41, 5.74) is 1.09. The van der Waals surface area contributed by atoms with Crippen LogP contribution in [0.4, 0.5) is 0 Å². The lowest BCUT2D eigenvalue weighted by atomic mass is 9.95. The monoisotopic (exact) mass is 508 g/mol. The van der Waals surface area contributed by atoms with Crippen LogP contribution in [0.3, 0.4) is 0 Å². The Morgan fingerprint density at radius 2 is 1.84 bits per heavy atom. The number of likely N-dealkylation sites (N-methyl/N-ethyl adjacent to an activating group) is 1. The van der Waals surface area contributed by atoms with E-state index in [0.29, 0.717) is 54.7 Å². The smallest absolute Gasteiger partial charge is 0.295 e. The Labute approximate surface area is 218 Å². The SMILES string of the molecule is C=CCOc1ccc(C2/C(=C(\O)c3ccc(OCCCC)cc3)C(=O)C(=O)N2CCN(C)C)cc1OC. The fourth-order valence-electron chi connectivity index (χ4n) is 4.09. The van der Waals surface area contributed by atoms with Crippen molar-refractivity contribution < 1.29 is 28.9 Å². The number of methoxy groups -OCH3 is 1. The molecule has 1 amide bonds. The summed E-state index contributed by atoms with van der Waals surface area (Å²) in [4.78, 5) is 29.8. The van der Waals surface area contributed by atoms with Crippen LogP contribution in [0, 0.1) is 0 Å². The molecule has 0 aliphatic carbocycles. The van der Waals surface area contributed by atoms with Crippen LogP contribution < -0.4 is 14.2 Å². The molecule has 37 heavy (non-hydrogen) atoms. The third-order valence-electron chi connectivity index (χ3n) is 6.08. The van der Waals surface area contributed by atoms with Gasteiger partial charge in [0.05, 0.1) is 25.3 Å². The molecule has 2 aromatic rings. The molecule has 1 heterocycles. The highest BCUT2D eigenvalue weighted by Gasteiger charge is 2.46. The van der Waals surface area contributed by atoms with Crippen LogP contribution in [0.2, 0.25) is 0 Å². The minimum absolute atomic E-state index is 0.0326. The molecule has 0 bridgehead atoms. The fourth-order valence-corrected chi connectivity index (χ4v) is 4.09. The Morgan fingerprint density at radius 3 is 2.46 bits per heavy atom. The molecule has 0 radical (unpaired) electrons. The van der Waals surface area contributed by atoms with Crippen molar-refractivity contribution in [1.82, 2.24) is 9.80 Å². The molecule has 0 saturated carbocycles. The molecule has 8 nitrogen and oxygen atoms in total. The number of likely N-dealkylation sites (tertiary alicyclic amines) is 1. The first-order valence-electron chi connectivity index (χ1n) is 12.4. The van der Waals surface area contributed by atoms with E-state index in [1.165, 1.54) is 12.0 Å². The number of ether oxygens (including phenoxy) is 3. The summed E-state index contributed by atoms with van der Waals surface area (Å²) in [5, 5.41) is 11.3. The lowest BCUT2D eigenvalue weighted by Gasteiger charge is -2.27. The van der Waals surface area contributed by atoms with Crippen molar-refractivity contribution >= 4 is 17.4 Å². The van der Waals surface area contributed by atoms with Crippen LogP contribution in [0.25, 0.3) is 5.76 Å². The van der Waals surface area contributed by atoms with E-state index in [2.05, 4.69) is 13.5 Å². The standard InChI is InChI=1S/C29H36N2O6/c1-6-8-18-36-22-12-9-20(10-13-22)27(32)25-26(31(16-15-30(3)4)29(34)28(25)33)21-11-14-23(37-17-7-2)24(19-21)35-5/h7,9-14,19,26,32H,2,6,8,15-18H2,1,3-5H3/b27-25+. The van der Waals surface area contributed by atoms with E-state index in [-0.39, 0.29) is 11.3 Å². The normalized spacial score (nSPS) is 16.8. The fraction of sp³-hybridized carbons (Fsp3) is 0.379. The number of aliphatic hydroxyl groups is 1. The van der Waals surface area contributed by atoms with Gasteiger partial charge in [-0.15, -0.1) is 0 Å². The van der Waals surface area contributed by atoms with Crippen LogP contribution in [0.5, 0.6) is 17.2 Å². The third kappa shape index (κ3) is 6.51. The maximum absolute atomic E-state index is 13.2. The first-order valence-corrected chi connectivity index (χ1v) is 12.4. The predicted molar refractivity (Wildman–Crippen MR) is 143 cm³/mol. The van der Waals surface area contributed by atoms with Crippen molar-refractivity contribution in [3.8, 4) is 17.2 Å². The quantitative estimate of drug-likeness (QED) is 0.141. The third-order valence-corrected chi connectivity index (χ3v) is 6.08. The highest BCUT2D eigenvalue weighted by molar-refractivity contribution is 6.46. The Hall–Kier alpha value is -3.78. The summed E-state index contributed by atoms with van der Waals surface area (Å²) in [6, 6.07) is 11.3. The summed E-state index contributed by atoms with van der Waals surface area (Å²) in [6.07, 6.45) is 3.60. The molecule has 1 saturated heterocycles. The van der Waals surface area contributed by atoms with Gasteiger partial charge in [-0.2, -0.15) is 0 Å². The molecule has 1 unspecified atom stereocenters. The second-order valence-electron chi connectivity index (χ2n) is 9.03. The first kappa shape index (κ1) is 27.8. The molecule has 1 atom stereocenters. The summed E-state index contributed by atoms with van der Waals surface area (Å²) in [5.74, 6) is 0.0186. The minimum Gasteiger partial charge on any atom is -0.507 e. The second-order valence-corrected chi connectivity index (χ2v) is 9.03. The van der Waals surface area contributed by atoms with Crippen molar-refractivity contribution in [2.45, 2.75) is 25.8 Å². The molecule has 198 valence electrons. The highest BCUT2D eigenvalue weighted by Crippen LogP contribution is 2.42. The zero-order valence-corrected chi connectivity index (χ0v) is 22.0. The maximum Gasteiger partial charge on any atom is 0.295 e. The van der Waals surface area contributed by atoms with Crippen LogP contribution in [0.1, 0.15) is 36.9 Å². The van der Waals surface area contributed by atoms with Crippen molar-refractivity contribution in [3.63, 3.8) is 0 Å². The number of rotatable bonds is 13. The van der Waals surface area contributed by atoms with E-state index in [1.807, 2.05) is 19.0 Å². The maximum atomic E-state index is 13.2. The molecule has 2 aromatic carbocycles. The molecular weight excluding hydrogens is 472 g/mol. The molecule has 1 aliphatic rings. The van der Waals surface area contributed by atoms with E-state index in [0.717, 1.165) is 12.8 Å². The number of aliphatic hydroxyl groups excluding tert-OH is 1. The van der Waals surface area contributed by atoms with Crippen LogP contribution in [-0.2, 0) is 9.59 Å². The molecule has 3 rings (SSSR count). The van der Waals surface area contributed by atoms with Crippen LogP contribution >= 0.6 is 0 Å². The van der Waals surface area contributed by atoms with E-state index < -0.39 is 17.7 Å². The number of benzene rings is 2. The molecule has 1 fully saturated rings. The van der Waals surface area contributed by atoms with Gasteiger partial charge < -0.3 is 29.1 Å². The van der Waals surface area contributed by atoms with Gasteiger partial charge in [0, 0.05) is 18.7 Å². The Balaban J connectivity index is 2.06. The number of nitrogens with zero attached hydrogens (tertiary/aromatic N) is 2. The summed E-state index contributed by atoms with van der Waals surface area (Å²) < 4.78 is 16.9. The van der Waals surface area contributed by atoms with Crippen molar-refractivity contribution in [2.24, 2.45) is 0 Å². The average Bonchev–Trinajstić information content (AvgIpc) is 3.15. The Bertz CT molecular complexity index is 1140. The number of ketones is 1. The molecule has 1 N–H and O–H groups in total. The summed E-state index contributed by atoms with van der Waals surface area (Å²) in [6.45, 7) is 7.51. The molecule has 8 heteroatoms. The Morgan fingerprint density at radius 1 is 1.11 bits per heavy atom. The second kappa shape index (κ2) is 13.0. The van der Waals surface area contributed by atoms with Crippen molar-refractivity contribution in [3.05, 3.63) is 71.8 Å². The number of carbonyl (C=O) groups is 2. The first-order chi connectivity index (χ1) is 17.8. The lowest BCUT2D eigenvalue weighted by Crippen LogP contribution is -2.35. The molecule has 1 aliphatic heterocycles. The van der Waals surface area contributed by atoms with Gasteiger partial charge in [-0.1, -0.05) is 32.1 Å². The minimum atomic E-state index is -0.789. The average molecular weight is 509 g/mol. The van der Waals surface area contributed by atoms with Gasteiger partial charge in [-0.05, 0) is 62.5 Å². The zero-order chi connectivity index (χ0) is 26.9. The molecular formula is C29H36N2O6. The predicted octanol–water partition coefficient (Wildman–Crippen LogP) is 4.42. The van der Waals surface area contributed by atoms with E-state index in [9.17, 15) is 14.7 Å². The Kier molecular flexibility index (Phi) is 9.74. The van der Waals surface area contributed by atoms with E-state index in [4.69, 9.17) is 14.2 Å². The number of carbonyl (C=O) groups excluding carboxylic acids is 2. The molecule has 0 aromatic heterocycles. The van der Waals surface area contributed by atoms with Gasteiger partial charge in [0.2, 0.25) is 0 Å². The van der Waals surface area contributed by atoms with Crippen molar-refractivity contribution in [1.29, 1.82) is 0 Å². The van der Waals surface area contributed by atoms with Gasteiger partial charge >= 0.3 is 0 Å². The van der Waals surface area contributed by atoms with Gasteiger partial charge in [0.15, 0.2) is 11.5 Å². The number of amides is 1. The van der Waals surface area contributed by atoms with Gasteiger partial charge in [-0.25, -0.2) is 0 Å². The van der Waals surface area contributed by atoms with Crippen molar-refractivity contribution in [2.75, 3.05) is 47.5 Å². The van der Waals surface area contributed by atoms with E-state index in [1.54, 1.807) is 48.5 Å². The summed E-state index contributed by atoms with van der Waals surface area (Å²) >= 11 is 0. The molecule has 0 spiro atoms. The largest absolute Gasteiger partial charge is 0.507 e. The number of unbranched alkanes of at least 4 members (excludes halogenated alkanes) is 1. The highest BCUT2D eigenvalue weighted by atomic mass is 16.5. The zero-order valence-electron chi connectivity index (χ0n) is 22.0.